The van der Waals surface area contributed by atoms with Gasteiger partial charge in [-0.25, -0.2) is 0 Å². The maximum atomic E-state index is 10.6. The molecule has 0 radical (unpaired) electrons. The van der Waals surface area contributed by atoms with E-state index in [1.807, 2.05) is 0 Å². The molecule has 0 amide bonds. The van der Waals surface area contributed by atoms with Crippen LogP contribution in [0, 0.1) is 17.8 Å². The van der Waals surface area contributed by atoms with E-state index < -0.39 is 12.2 Å². The zero-order valence-electron chi connectivity index (χ0n) is 11.8. The molecule has 4 rings (SSSR count). The van der Waals surface area contributed by atoms with E-state index in [1.165, 1.54) is 25.0 Å². The Labute approximate surface area is 115 Å². The number of hydrogen-bond acceptors (Lipinski definition) is 3. The highest BCUT2D eigenvalue weighted by Gasteiger charge is 2.62. The second-order valence-electron chi connectivity index (χ2n) is 7.24. The molecule has 3 heteroatoms. The van der Waals surface area contributed by atoms with E-state index >= 15 is 0 Å². The Morgan fingerprint density at radius 2 is 2.11 bits per heavy atom. The van der Waals surface area contributed by atoms with Crippen LogP contribution in [0.15, 0.2) is 11.6 Å². The number of aliphatic hydroxyl groups is 2. The molecule has 0 aromatic heterocycles. The molecular weight excluding hydrogens is 238 g/mol. The zero-order chi connectivity index (χ0) is 13.2. The average molecular weight is 263 g/mol. The van der Waals surface area contributed by atoms with Crippen molar-refractivity contribution >= 4 is 0 Å². The van der Waals surface area contributed by atoms with Crippen molar-refractivity contribution in [3.8, 4) is 0 Å². The summed E-state index contributed by atoms with van der Waals surface area (Å²) in [5, 5.41) is 21.2. The largest absolute Gasteiger partial charge is 0.390 e. The summed E-state index contributed by atoms with van der Waals surface area (Å²) in [7, 11) is 0. The van der Waals surface area contributed by atoms with E-state index in [0.29, 0.717) is 5.92 Å². The average Bonchev–Trinajstić information content (AvgIpc) is 2.40. The van der Waals surface area contributed by atoms with Crippen molar-refractivity contribution in [2.45, 2.75) is 56.8 Å². The molecule has 2 aliphatic carbocycles. The highest BCUT2D eigenvalue weighted by Crippen LogP contribution is 2.58. The molecule has 4 aliphatic rings. The van der Waals surface area contributed by atoms with Gasteiger partial charge in [-0.3, -0.25) is 4.90 Å². The van der Waals surface area contributed by atoms with Gasteiger partial charge in [0.2, 0.25) is 0 Å². The van der Waals surface area contributed by atoms with Crippen LogP contribution in [0.1, 0.15) is 39.0 Å². The summed E-state index contributed by atoms with van der Waals surface area (Å²) < 4.78 is 0. The molecule has 106 valence electrons. The van der Waals surface area contributed by atoms with Crippen molar-refractivity contribution in [1.29, 1.82) is 0 Å². The standard InChI is InChI=1S/C16H25NO2/c1-10-8-11-12-4-2-6-17-7-3-5-13(15(19)14(11)18)16(12,17)9-10/h4,10-11,13-15,18-19H,2-3,5-9H2,1H3/t10-,11-,13-,14+,15-,16-/m0/s1. The fourth-order valence-corrected chi connectivity index (χ4v) is 5.73. The lowest BCUT2D eigenvalue weighted by atomic mass is 9.51. The van der Waals surface area contributed by atoms with Crippen molar-refractivity contribution in [1.82, 2.24) is 4.90 Å². The summed E-state index contributed by atoms with van der Waals surface area (Å²) in [6.07, 6.45) is 6.95. The van der Waals surface area contributed by atoms with E-state index in [9.17, 15) is 10.2 Å². The number of hydrogen-bond donors (Lipinski definition) is 2. The van der Waals surface area contributed by atoms with E-state index in [-0.39, 0.29) is 17.4 Å². The summed E-state index contributed by atoms with van der Waals surface area (Å²) >= 11 is 0. The minimum atomic E-state index is -0.537. The molecule has 2 heterocycles. The Bertz CT molecular complexity index is 421. The first-order valence-corrected chi connectivity index (χ1v) is 7.96. The molecule has 0 unspecified atom stereocenters. The monoisotopic (exact) mass is 263 g/mol. The van der Waals surface area contributed by atoms with Crippen LogP contribution in [0.25, 0.3) is 0 Å². The molecule has 6 atom stereocenters. The minimum Gasteiger partial charge on any atom is -0.390 e. The van der Waals surface area contributed by atoms with Crippen molar-refractivity contribution in [2.75, 3.05) is 13.1 Å². The molecule has 1 spiro atoms. The third kappa shape index (κ3) is 1.44. The highest BCUT2D eigenvalue weighted by molar-refractivity contribution is 5.36. The van der Waals surface area contributed by atoms with Crippen LogP contribution in [0.5, 0.6) is 0 Å². The Morgan fingerprint density at radius 1 is 1.26 bits per heavy atom. The predicted molar refractivity (Wildman–Crippen MR) is 73.6 cm³/mol. The molecule has 2 aliphatic heterocycles. The van der Waals surface area contributed by atoms with Gasteiger partial charge in [0.05, 0.1) is 12.2 Å². The Morgan fingerprint density at radius 3 is 2.95 bits per heavy atom. The molecule has 3 fully saturated rings. The summed E-state index contributed by atoms with van der Waals surface area (Å²) in [5.41, 5.74) is 1.58. The van der Waals surface area contributed by atoms with Crippen LogP contribution < -0.4 is 0 Å². The van der Waals surface area contributed by atoms with Crippen molar-refractivity contribution in [2.24, 2.45) is 17.8 Å². The van der Waals surface area contributed by atoms with Gasteiger partial charge in [0.1, 0.15) is 0 Å². The van der Waals surface area contributed by atoms with Gasteiger partial charge in [-0.2, -0.15) is 0 Å². The van der Waals surface area contributed by atoms with Gasteiger partial charge in [-0.05, 0) is 50.1 Å². The normalized spacial score (nSPS) is 53.4. The third-order valence-corrected chi connectivity index (χ3v) is 6.27. The van der Waals surface area contributed by atoms with E-state index in [4.69, 9.17) is 0 Å². The van der Waals surface area contributed by atoms with Crippen LogP contribution in [0.3, 0.4) is 0 Å². The van der Waals surface area contributed by atoms with Crippen molar-refractivity contribution < 1.29 is 10.2 Å². The lowest BCUT2D eigenvalue weighted by molar-refractivity contribution is -0.159. The van der Waals surface area contributed by atoms with Crippen molar-refractivity contribution in [3.63, 3.8) is 0 Å². The lowest BCUT2D eigenvalue weighted by Crippen LogP contribution is -2.71. The zero-order valence-corrected chi connectivity index (χ0v) is 11.8. The summed E-state index contributed by atoms with van der Waals surface area (Å²) in [6.45, 7) is 4.64. The molecule has 2 saturated carbocycles. The number of piperidine rings is 1. The minimum absolute atomic E-state index is 0.0947. The SMILES string of the molecule is C[C@H]1C[C@H]2C3=CCCN4CCC[C@@H]([C@H](O)[C@@H]2O)[C@]34C1. The van der Waals surface area contributed by atoms with Gasteiger partial charge in [0.25, 0.3) is 0 Å². The van der Waals surface area contributed by atoms with E-state index in [1.54, 1.807) is 0 Å². The predicted octanol–water partition coefficient (Wildman–Crippen LogP) is 1.55. The number of aliphatic hydroxyl groups excluding tert-OH is 2. The summed E-state index contributed by atoms with van der Waals surface area (Å²) in [4.78, 5) is 2.65. The van der Waals surface area contributed by atoms with E-state index in [2.05, 4.69) is 17.9 Å². The van der Waals surface area contributed by atoms with Crippen LogP contribution in [0.4, 0.5) is 0 Å². The maximum Gasteiger partial charge on any atom is 0.0868 e. The molecule has 2 bridgehead atoms. The lowest BCUT2D eigenvalue weighted by Gasteiger charge is -2.65. The van der Waals surface area contributed by atoms with Crippen LogP contribution in [0.2, 0.25) is 0 Å². The molecule has 3 nitrogen and oxygen atoms in total. The first-order chi connectivity index (χ1) is 9.14. The van der Waals surface area contributed by atoms with Crippen LogP contribution >= 0.6 is 0 Å². The molecule has 0 aromatic rings. The second kappa shape index (κ2) is 4.06. The van der Waals surface area contributed by atoms with Gasteiger partial charge in [0, 0.05) is 23.9 Å². The number of rotatable bonds is 0. The molecule has 1 saturated heterocycles. The molecule has 2 N–H and O–H groups in total. The molecular formula is C16H25NO2. The fraction of sp³-hybridized carbons (Fsp3) is 0.875. The van der Waals surface area contributed by atoms with Gasteiger partial charge in [-0.15, -0.1) is 0 Å². The molecule has 0 aromatic carbocycles. The quantitative estimate of drug-likeness (QED) is 0.652. The van der Waals surface area contributed by atoms with E-state index in [0.717, 1.165) is 25.8 Å². The maximum absolute atomic E-state index is 10.6. The Kier molecular flexibility index (Phi) is 2.64. The number of nitrogens with zero attached hydrogens (tertiary/aromatic N) is 1. The second-order valence-corrected chi connectivity index (χ2v) is 7.24. The first kappa shape index (κ1) is 12.4. The Hall–Kier alpha value is -0.380. The summed E-state index contributed by atoms with van der Waals surface area (Å²) in [6, 6.07) is 0. The third-order valence-electron chi connectivity index (χ3n) is 6.27. The smallest absolute Gasteiger partial charge is 0.0868 e. The Balaban J connectivity index is 1.88. The van der Waals surface area contributed by atoms with Gasteiger partial charge in [-0.1, -0.05) is 13.0 Å². The fourth-order valence-electron chi connectivity index (χ4n) is 5.73. The van der Waals surface area contributed by atoms with Gasteiger partial charge < -0.3 is 10.2 Å². The topological polar surface area (TPSA) is 43.7 Å². The highest BCUT2D eigenvalue weighted by atomic mass is 16.3. The van der Waals surface area contributed by atoms with Crippen molar-refractivity contribution in [3.05, 3.63) is 11.6 Å². The molecule has 19 heavy (non-hydrogen) atoms. The first-order valence-electron chi connectivity index (χ1n) is 7.96. The van der Waals surface area contributed by atoms with Crippen LogP contribution in [-0.2, 0) is 0 Å². The van der Waals surface area contributed by atoms with Gasteiger partial charge >= 0.3 is 0 Å². The van der Waals surface area contributed by atoms with Crippen LogP contribution in [-0.4, -0.2) is 45.9 Å². The summed E-state index contributed by atoms with van der Waals surface area (Å²) in [5.74, 6) is 1.11. The van der Waals surface area contributed by atoms with Gasteiger partial charge in [0.15, 0.2) is 0 Å².